The molecule has 0 spiro atoms. The highest BCUT2D eigenvalue weighted by atomic mass is 35.5. The van der Waals surface area contributed by atoms with Gasteiger partial charge in [-0.25, -0.2) is 0 Å². The summed E-state index contributed by atoms with van der Waals surface area (Å²) < 4.78 is 1.65. The number of hydrogen-bond donors (Lipinski definition) is 2. The van der Waals surface area contributed by atoms with Crippen LogP contribution in [0.1, 0.15) is 23.7 Å². The lowest BCUT2D eigenvalue weighted by atomic mass is 9.95. The minimum absolute atomic E-state index is 0.0910. The van der Waals surface area contributed by atoms with E-state index in [1.165, 1.54) is 0 Å². The first kappa shape index (κ1) is 16.0. The van der Waals surface area contributed by atoms with Crippen molar-refractivity contribution in [2.45, 2.75) is 19.4 Å². The fraction of sp³-hybridized carbons (Fsp3) is 0.412. The zero-order chi connectivity index (χ0) is 16.4. The molecule has 3 rings (SSSR count). The average molecular weight is 333 g/mol. The molecular weight excluding hydrogens is 312 g/mol. The summed E-state index contributed by atoms with van der Waals surface area (Å²) in [6, 6.07) is 7.64. The minimum Gasteiger partial charge on any atom is -0.349 e. The van der Waals surface area contributed by atoms with Gasteiger partial charge in [0.15, 0.2) is 0 Å². The Labute approximate surface area is 141 Å². The van der Waals surface area contributed by atoms with Crippen LogP contribution in [0, 0.1) is 5.92 Å². The van der Waals surface area contributed by atoms with E-state index in [4.69, 9.17) is 11.6 Å². The van der Waals surface area contributed by atoms with Crippen molar-refractivity contribution in [3.05, 3.63) is 41.0 Å². The van der Waals surface area contributed by atoms with Gasteiger partial charge in [-0.3, -0.25) is 9.48 Å². The number of amides is 1. The number of nitrogens with zero attached hydrogens (tertiary/aromatic N) is 2. The molecule has 0 aliphatic carbocycles. The predicted molar refractivity (Wildman–Crippen MR) is 91.6 cm³/mol. The summed E-state index contributed by atoms with van der Waals surface area (Å²) in [5, 5.41) is 11.5. The molecule has 0 radical (unpaired) electrons. The first-order valence-corrected chi connectivity index (χ1v) is 8.24. The summed E-state index contributed by atoms with van der Waals surface area (Å²) in [5.74, 6) is 0.319. The van der Waals surface area contributed by atoms with E-state index in [0.29, 0.717) is 22.2 Å². The highest BCUT2D eigenvalue weighted by Crippen LogP contribution is 2.29. The van der Waals surface area contributed by atoms with Crippen LogP contribution in [0.4, 0.5) is 0 Å². The quantitative estimate of drug-likeness (QED) is 0.907. The number of aromatic nitrogens is 2. The van der Waals surface area contributed by atoms with Crippen molar-refractivity contribution in [1.29, 1.82) is 0 Å². The smallest absolute Gasteiger partial charge is 0.255 e. The summed E-state index contributed by atoms with van der Waals surface area (Å²) in [6.07, 6.45) is 2.69. The topological polar surface area (TPSA) is 58.9 Å². The molecule has 2 aromatic rings. The van der Waals surface area contributed by atoms with Crippen molar-refractivity contribution in [3.63, 3.8) is 0 Å². The Morgan fingerprint density at radius 2 is 2.22 bits per heavy atom. The second-order valence-electron chi connectivity index (χ2n) is 6.09. The van der Waals surface area contributed by atoms with Crippen LogP contribution in [0.5, 0.6) is 0 Å². The highest BCUT2D eigenvalue weighted by Gasteiger charge is 2.25. The molecule has 1 aliphatic heterocycles. The van der Waals surface area contributed by atoms with Crippen LogP contribution in [0.15, 0.2) is 30.5 Å². The van der Waals surface area contributed by atoms with Crippen molar-refractivity contribution in [3.8, 4) is 11.3 Å². The molecule has 1 aromatic carbocycles. The van der Waals surface area contributed by atoms with Crippen LogP contribution >= 0.6 is 11.6 Å². The Kier molecular flexibility index (Phi) is 4.68. The highest BCUT2D eigenvalue weighted by molar-refractivity contribution is 6.33. The third-order valence-corrected chi connectivity index (χ3v) is 4.63. The molecule has 122 valence electrons. The van der Waals surface area contributed by atoms with E-state index in [0.717, 1.165) is 25.1 Å². The lowest BCUT2D eigenvalue weighted by Gasteiger charge is -2.30. The monoisotopic (exact) mass is 332 g/mol. The Balaban J connectivity index is 1.88. The molecule has 0 bridgehead atoms. The van der Waals surface area contributed by atoms with Gasteiger partial charge >= 0.3 is 0 Å². The number of hydrogen-bond acceptors (Lipinski definition) is 3. The van der Waals surface area contributed by atoms with Gasteiger partial charge < -0.3 is 10.6 Å². The van der Waals surface area contributed by atoms with Crippen molar-refractivity contribution in [2.24, 2.45) is 13.0 Å². The maximum atomic E-state index is 12.7. The molecule has 1 saturated heterocycles. The van der Waals surface area contributed by atoms with Crippen molar-refractivity contribution in [2.75, 3.05) is 13.1 Å². The number of nitrogens with one attached hydrogen (secondary N) is 2. The fourth-order valence-corrected chi connectivity index (χ4v) is 3.21. The van der Waals surface area contributed by atoms with Crippen LogP contribution in [-0.2, 0) is 7.05 Å². The molecule has 23 heavy (non-hydrogen) atoms. The Hall–Kier alpha value is -1.85. The van der Waals surface area contributed by atoms with Crippen molar-refractivity contribution in [1.82, 2.24) is 20.4 Å². The maximum Gasteiger partial charge on any atom is 0.255 e. The van der Waals surface area contributed by atoms with Crippen LogP contribution in [-0.4, -0.2) is 34.8 Å². The first-order valence-electron chi connectivity index (χ1n) is 7.86. The number of piperidine rings is 1. The number of benzene rings is 1. The van der Waals surface area contributed by atoms with Crippen LogP contribution in [0.3, 0.4) is 0 Å². The van der Waals surface area contributed by atoms with Gasteiger partial charge in [0.1, 0.15) is 5.69 Å². The van der Waals surface area contributed by atoms with E-state index in [2.05, 4.69) is 22.7 Å². The Morgan fingerprint density at radius 3 is 2.96 bits per heavy atom. The molecule has 0 saturated carbocycles. The van der Waals surface area contributed by atoms with Gasteiger partial charge in [-0.1, -0.05) is 36.7 Å². The summed E-state index contributed by atoms with van der Waals surface area (Å²) >= 11 is 6.27. The molecule has 2 N–H and O–H groups in total. The molecule has 2 heterocycles. The molecule has 1 amide bonds. The summed E-state index contributed by atoms with van der Waals surface area (Å²) in [7, 11) is 1.81. The van der Waals surface area contributed by atoms with E-state index < -0.39 is 0 Å². The third kappa shape index (κ3) is 3.41. The van der Waals surface area contributed by atoms with Gasteiger partial charge in [-0.05, 0) is 31.5 Å². The lowest BCUT2D eigenvalue weighted by Crippen LogP contribution is -2.48. The van der Waals surface area contributed by atoms with E-state index in [1.54, 1.807) is 10.9 Å². The lowest BCUT2D eigenvalue weighted by molar-refractivity contribution is 0.0915. The van der Waals surface area contributed by atoms with Crippen molar-refractivity contribution >= 4 is 17.5 Å². The number of carbonyl (C=O) groups is 1. The number of rotatable bonds is 3. The number of aryl methyl sites for hydroxylation is 1. The van der Waals surface area contributed by atoms with Crippen LogP contribution in [0.25, 0.3) is 11.3 Å². The van der Waals surface area contributed by atoms with E-state index in [-0.39, 0.29) is 11.9 Å². The van der Waals surface area contributed by atoms with Gasteiger partial charge in [0, 0.05) is 24.8 Å². The van der Waals surface area contributed by atoms with E-state index in [1.807, 2.05) is 31.3 Å². The predicted octanol–water partition coefficient (Wildman–Crippen LogP) is 2.47. The molecule has 2 unspecified atom stereocenters. The van der Waals surface area contributed by atoms with Gasteiger partial charge in [0.05, 0.1) is 10.6 Å². The minimum atomic E-state index is -0.0910. The SMILES string of the molecule is CC1CNCCC1NC(=O)c1cn(C)nc1-c1ccccc1Cl. The molecule has 1 fully saturated rings. The van der Waals surface area contributed by atoms with Crippen LogP contribution in [0.2, 0.25) is 5.02 Å². The Bertz CT molecular complexity index is 712. The number of halogens is 1. The van der Waals surface area contributed by atoms with Crippen molar-refractivity contribution < 1.29 is 4.79 Å². The second kappa shape index (κ2) is 6.72. The summed E-state index contributed by atoms with van der Waals surface area (Å²) in [4.78, 5) is 12.7. The largest absolute Gasteiger partial charge is 0.349 e. The Morgan fingerprint density at radius 1 is 1.43 bits per heavy atom. The molecular formula is C17H21ClN4O. The van der Waals surface area contributed by atoms with Gasteiger partial charge in [0.2, 0.25) is 0 Å². The summed E-state index contributed by atoms with van der Waals surface area (Å²) in [5.41, 5.74) is 1.96. The maximum absolute atomic E-state index is 12.7. The standard InChI is InChI=1S/C17H21ClN4O/c1-11-9-19-8-7-15(11)20-17(23)13-10-22(2)21-16(13)12-5-3-4-6-14(12)18/h3-6,10-11,15,19H,7-9H2,1-2H3,(H,20,23). The average Bonchev–Trinajstić information content (AvgIpc) is 2.92. The van der Waals surface area contributed by atoms with E-state index in [9.17, 15) is 4.79 Å². The second-order valence-corrected chi connectivity index (χ2v) is 6.50. The van der Waals surface area contributed by atoms with E-state index >= 15 is 0 Å². The van der Waals surface area contributed by atoms with Gasteiger partial charge in [0.25, 0.3) is 5.91 Å². The zero-order valence-electron chi connectivity index (χ0n) is 13.3. The molecule has 6 heteroatoms. The third-order valence-electron chi connectivity index (χ3n) is 4.30. The normalized spacial score (nSPS) is 21.2. The molecule has 1 aromatic heterocycles. The first-order chi connectivity index (χ1) is 11.1. The zero-order valence-corrected chi connectivity index (χ0v) is 14.1. The molecule has 5 nitrogen and oxygen atoms in total. The fourth-order valence-electron chi connectivity index (χ4n) is 2.98. The van der Waals surface area contributed by atoms with Crippen LogP contribution < -0.4 is 10.6 Å². The number of carbonyl (C=O) groups excluding carboxylic acids is 1. The summed E-state index contributed by atoms with van der Waals surface area (Å²) in [6.45, 7) is 4.00. The molecule has 2 atom stereocenters. The van der Waals surface area contributed by atoms with Gasteiger partial charge in [-0.15, -0.1) is 0 Å². The molecule has 1 aliphatic rings. The van der Waals surface area contributed by atoms with Gasteiger partial charge in [-0.2, -0.15) is 5.10 Å².